The van der Waals surface area contributed by atoms with Crippen LogP contribution in [0, 0.1) is 21.8 Å². The molecule has 0 N–H and O–H groups in total. The molecule has 2 aromatic carbocycles. The highest BCUT2D eigenvalue weighted by atomic mass is 35.5. The van der Waals surface area contributed by atoms with Crippen LogP contribution in [0.5, 0.6) is 0 Å². The van der Waals surface area contributed by atoms with E-state index in [4.69, 9.17) is 11.6 Å². The number of benzene rings is 2. The maximum Gasteiger partial charge on any atom is 0.306 e. The van der Waals surface area contributed by atoms with Crippen molar-refractivity contribution < 1.29 is 18.9 Å². The van der Waals surface area contributed by atoms with Crippen molar-refractivity contribution in [3.63, 3.8) is 0 Å². The SMILES string of the molecule is O=C1CC(C(=O)N(Cc2ccccn2)c2ccc(Cl)cc2)CN1c1ccc(F)c([N+](=O)[O-])c1. The van der Waals surface area contributed by atoms with Crippen molar-refractivity contribution in [1.29, 1.82) is 0 Å². The van der Waals surface area contributed by atoms with Gasteiger partial charge in [0.15, 0.2) is 0 Å². The minimum absolute atomic E-state index is 0.0206. The molecule has 2 amide bonds. The van der Waals surface area contributed by atoms with Gasteiger partial charge in [-0.1, -0.05) is 17.7 Å². The second-order valence-corrected chi connectivity index (χ2v) is 7.96. The Kier molecular flexibility index (Phi) is 6.32. The van der Waals surface area contributed by atoms with Gasteiger partial charge in [0.2, 0.25) is 17.6 Å². The lowest BCUT2D eigenvalue weighted by Gasteiger charge is -2.25. The van der Waals surface area contributed by atoms with E-state index in [1.807, 2.05) is 6.07 Å². The van der Waals surface area contributed by atoms with Crippen LogP contribution in [0.2, 0.25) is 5.02 Å². The molecule has 10 heteroatoms. The van der Waals surface area contributed by atoms with E-state index in [0.717, 1.165) is 12.1 Å². The summed E-state index contributed by atoms with van der Waals surface area (Å²) in [6, 6.07) is 15.4. The molecule has 4 rings (SSSR count). The lowest BCUT2D eigenvalue weighted by molar-refractivity contribution is -0.387. The zero-order valence-corrected chi connectivity index (χ0v) is 18.0. The number of hydrogen-bond acceptors (Lipinski definition) is 5. The van der Waals surface area contributed by atoms with Gasteiger partial charge in [-0.2, -0.15) is 4.39 Å². The third-order valence-corrected chi connectivity index (χ3v) is 5.61. The highest BCUT2D eigenvalue weighted by Gasteiger charge is 2.38. The van der Waals surface area contributed by atoms with Gasteiger partial charge in [0.05, 0.1) is 28.8 Å². The Morgan fingerprint density at radius 3 is 2.64 bits per heavy atom. The summed E-state index contributed by atoms with van der Waals surface area (Å²) in [6.45, 7) is 0.209. The third-order valence-electron chi connectivity index (χ3n) is 5.36. The smallest absolute Gasteiger partial charge is 0.306 e. The molecule has 168 valence electrons. The second-order valence-electron chi connectivity index (χ2n) is 7.52. The summed E-state index contributed by atoms with van der Waals surface area (Å²) in [4.78, 5) is 43.5. The number of rotatable bonds is 6. The topological polar surface area (TPSA) is 96.7 Å². The molecule has 0 aliphatic carbocycles. The summed E-state index contributed by atoms with van der Waals surface area (Å²) >= 11 is 5.99. The van der Waals surface area contributed by atoms with Crippen LogP contribution in [-0.2, 0) is 16.1 Å². The predicted octanol–water partition coefficient (Wildman–Crippen LogP) is 4.37. The molecule has 2 heterocycles. The van der Waals surface area contributed by atoms with E-state index in [1.54, 1.807) is 42.6 Å². The first-order chi connectivity index (χ1) is 15.8. The van der Waals surface area contributed by atoms with Crippen LogP contribution in [0.25, 0.3) is 0 Å². The number of carbonyl (C=O) groups is 2. The fourth-order valence-corrected chi connectivity index (χ4v) is 3.85. The van der Waals surface area contributed by atoms with E-state index in [9.17, 15) is 24.1 Å². The number of halogens is 2. The van der Waals surface area contributed by atoms with Crippen molar-refractivity contribution in [2.45, 2.75) is 13.0 Å². The fraction of sp³-hybridized carbons (Fsp3) is 0.174. The molecule has 0 bridgehead atoms. The largest absolute Gasteiger partial charge is 0.311 e. The number of carbonyl (C=O) groups excluding carboxylic acids is 2. The summed E-state index contributed by atoms with van der Waals surface area (Å²) in [5.41, 5.74) is 0.702. The molecule has 1 aliphatic heterocycles. The minimum Gasteiger partial charge on any atom is -0.311 e. The molecule has 1 aromatic heterocycles. The maximum absolute atomic E-state index is 13.7. The summed E-state index contributed by atoms with van der Waals surface area (Å²) in [7, 11) is 0. The molecular weight excluding hydrogens is 451 g/mol. The zero-order valence-electron chi connectivity index (χ0n) is 17.2. The Morgan fingerprint density at radius 2 is 1.97 bits per heavy atom. The van der Waals surface area contributed by atoms with Crippen LogP contribution in [0.3, 0.4) is 0 Å². The Bertz CT molecular complexity index is 1210. The number of aromatic nitrogens is 1. The highest BCUT2D eigenvalue weighted by molar-refractivity contribution is 6.30. The number of anilines is 2. The number of pyridine rings is 1. The van der Waals surface area contributed by atoms with Gasteiger partial charge in [-0.25, -0.2) is 0 Å². The van der Waals surface area contributed by atoms with Crippen LogP contribution < -0.4 is 9.80 Å². The molecule has 3 aromatic rings. The second kappa shape index (κ2) is 9.33. The van der Waals surface area contributed by atoms with E-state index in [1.165, 1.54) is 15.9 Å². The van der Waals surface area contributed by atoms with Crippen molar-refractivity contribution in [1.82, 2.24) is 4.98 Å². The Balaban J connectivity index is 1.60. The lowest BCUT2D eigenvalue weighted by Crippen LogP contribution is -2.37. The summed E-state index contributed by atoms with van der Waals surface area (Å²) in [5, 5.41) is 11.6. The van der Waals surface area contributed by atoms with Gasteiger partial charge in [-0.3, -0.25) is 24.7 Å². The molecule has 1 atom stereocenters. The van der Waals surface area contributed by atoms with Gasteiger partial charge < -0.3 is 9.80 Å². The average molecular weight is 469 g/mol. The van der Waals surface area contributed by atoms with Crippen LogP contribution in [-0.4, -0.2) is 28.3 Å². The van der Waals surface area contributed by atoms with Gasteiger partial charge in [-0.15, -0.1) is 0 Å². The van der Waals surface area contributed by atoms with Gasteiger partial charge in [0, 0.05) is 35.9 Å². The summed E-state index contributed by atoms with van der Waals surface area (Å²) < 4.78 is 13.7. The third kappa shape index (κ3) is 4.83. The van der Waals surface area contributed by atoms with Crippen molar-refractivity contribution >= 4 is 40.5 Å². The van der Waals surface area contributed by atoms with E-state index in [-0.39, 0.29) is 37.0 Å². The number of hydrogen-bond donors (Lipinski definition) is 0. The first kappa shape index (κ1) is 22.3. The molecule has 0 radical (unpaired) electrons. The predicted molar refractivity (Wildman–Crippen MR) is 120 cm³/mol. The highest BCUT2D eigenvalue weighted by Crippen LogP contribution is 2.31. The molecule has 1 aliphatic rings. The molecule has 33 heavy (non-hydrogen) atoms. The van der Waals surface area contributed by atoms with Crippen LogP contribution in [0.4, 0.5) is 21.5 Å². The number of amides is 2. The van der Waals surface area contributed by atoms with Crippen molar-refractivity contribution in [2.24, 2.45) is 5.92 Å². The first-order valence-corrected chi connectivity index (χ1v) is 10.4. The van der Waals surface area contributed by atoms with Gasteiger partial charge in [0.1, 0.15) is 0 Å². The molecule has 0 spiro atoms. The van der Waals surface area contributed by atoms with E-state index < -0.39 is 22.3 Å². The van der Waals surface area contributed by atoms with E-state index in [2.05, 4.69) is 4.98 Å². The average Bonchev–Trinajstić information content (AvgIpc) is 3.20. The minimum atomic E-state index is -0.993. The first-order valence-electron chi connectivity index (χ1n) is 10.0. The van der Waals surface area contributed by atoms with Gasteiger partial charge in [0.25, 0.3) is 0 Å². The monoisotopic (exact) mass is 468 g/mol. The van der Waals surface area contributed by atoms with Crippen molar-refractivity contribution in [3.05, 3.63) is 93.5 Å². The molecule has 8 nitrogen and oxygen atoms in total. The standard InChI is InChI=1S/C23H18ClFN4O4/c24-16-4-6-18(7-5-16)28(14-17-3-1-2-10-26-17)23(31)15-11-22(30)27(13-15)19-8-9-20(25)21(12-19)29(32)33/h1-10,12,15H,11,13-14H2. The number of nitro benzene ring substituents is 1. The normalized spacial score (nSPS) is 15.5. The van der Waals surface area contributed by atoms with E-state index >= 15 is 0 Å². The fourth-order valence-electron chi connectivity index (χ4n) is 3.72. The maximum atomic E-state index is 13.7. The summed E-state index contributed by atoms with van der Waals surface area (Å²) in [6.07, 6.45) is 1.55. The molecular formula is C23H18ClFN4O4. The molecule has 1 unspecified atom stereocenters. The quantitative estimate of drug-likeness (QED) is 0.395. The molecule has 0 saturated carbocycles. The number of nitro groups is 1. The Hall–Kier alpha value is -3.85. The van der Waals surface area contributed by atoms with Crippen molar-refractivity contribution in [3.8, 4) is 0 Å². The van der Waals surface area contributed by atoms with Gasteiger partial charge in [-0.05, 0) is 48.5 Å². The van der Waals surface area contributed by atoms with E-state index in [0.29, 0.717) is 16.4 Å². The summed E-state index contributed by atoms with van der Waals surface area (Å²) in [5.74, 6) is -2.35. The van der Waals surface area contributed by atoms with Crippen molar-refractivity contribution in [2.75, 3.05) is 16.3 Å². The van der Waals surface area contributed by atoms with Crippen LogP contribution in [0.15, 0.2) is 66.9 Å². The van der Waals surface area contributed by atoms with Crippen LogP contribution in [0.1, 0.15) is 12.1 Å². The van der Waals surface area contributed by atoms with Gasteiger partial charge >= 0.3 is 5.69 Å². The zero-order chi connectivity index (χ0) is 23.5. The Labute approximate surface area is 193 Å². The lowest BCUT2D eigenvalue weighted by atomic mass is 10.1. The van der Waals surface area contributed by atoms with Crippen LogP contribution >= 0.6 is 11.6 Å². The molecule has 1 fully saturated rings. The number of nitrogens with zero attached hydrogens (tertiary/aromatic N) is 4. The Morgan fingerprint density at radius 1 is 1.21 bits per heavy atom. The molecule has 1 saturated heterocycles.